The summed E-state index contributed by atoms with van der Waals surface area (Å²) in [5, 5.41) is 2.75. The number of aryl methyl sites for hydroxylation is 3. The van der Waals surface area contributed by atoms with Crippen LogP contribution in [0.1, 0.15) is 46.8 Å². The number of fused-ring (bicyclic) bond motifs is 1. The first-order chi connectivity index (χ1) is 15.8. The van der Waals surface area contributed by atoms with E-state index in [0.717, 1.165) is 36.8 Å². The van der Waals surface area contributed by atoms with Crippen LogP contribution in [0.5, 0.6) is 0 Å². The van der Waals surface area contributed by atoms with Gasteiger partial charge in [-0.05, 0) is 74.9 Å². The predicted octanol–water partition coefficient (Wildman–Crippen LogP) is 2.53. The van der Waals surface area contributed by atoms with Gasteiger partial charge >= 0.3 is 0 Å². The van der Waals surface area contributed by atoms with Crippen LogP contribution >= 0.6 is 0 Å². The van der Waals surface area contributed by atoms with E-state index in [9.17, 15) is 18.0 Å². The van der Waals surface area contributed by atoms with Crippen molar-refractivity contribution in [3.63, 3.8) is 0 Å². The lowest BCUT2D eigenvalue weighted by atomic mass is 9.92. The highest BCUT2D eigenvalue weighted by atomic mass is 32.2. The van der Waals surface area contributed by atoms with E-state index >= 15 is 0 Å². The molecule has 7 nitrogen and oxygen atoms in total. The van der Waals surface area contributed by atoms with Crippen molar-refractivity contribution in [2.75, 3.05) is 26.2 Å². The Morgan fingerprint density at radius 2 is 1.64 bits per heavy atom. The largest absolute Gasteiger partial charge is 0.341 e. The number of nitrogens with one attached hydrogen (secondary N) is 1. The number of hydrogen-bond donors (Lipinski definition) is 1. The van der Waals surface area contributed by atoms with Gasteiger partial charge in [-0.25, -0.2) is 8.42 Å². The van der Waals surface area contributed by atoms with Gasteiger partial charge in [0.05, 0.1) is 4.90 Å². The fourth-order valence-corrected chi connectivity index (χ4v) is 6.04. The Kier molecular flexibility index (Phi) is 6.86. The summed E-state index contributed by atoms with van der Waals surface area (Å²) < 4.78 is 27.8. The van der Waals surface area contributed by atoms with Gasteiger partial charge in [0.15, 0.2) is 0 Å². The van der Waals surface area contributed by atoms with Gasteiger partial charge in [-0.3, -0.25) is 9.59 Å². The first-order valence-corrected chi connectivity index (χ1v) is 13.0. The molecule has 0 aromatic heterocycles. The molecule has 2 amide bonds. The molecule has 176 valence electrons. The Balaban J connectivity index is 1.36. The number of rotatable bonds is 5. The van der Waals surface area contributed by atoms with Crippen LogP contribution in [0.2, 0.25) is 0 Å². The average molecular weight is 470 g/mol. The topological polar surface area (TPSA) is 86.8 Å². The minimum absolute atomic E-state index is 0.207. The molecule has 1 heterocycles. The normalized spacial score (nSPS) is 17.8. The van der Waals surface area contributed by atoms with Crippen molar-refractivity contribution in [2.45, 2.75) is 50.5 Å². The number of nitrogens with zero attached hydrogens (tertiary/aromatic N) is 2. The third kappa shape index (κ3) is 5.12. The summed E-state index contributed by atoms with van der Waals surface area (Å²) in [6.07, 6.45) is 4.18. The Morgan fingerprint density at radius 3 is 2.33 bits per heavy atom. The van der Waals surface area contributed by atoms with Crippen LogP contribution in [0.15, 0.2) is 47.4 Å². The molecule has 2 aliphatic rings. The minimum atomic E-state index is -3.60. The molecule has 0 unspecified atom stereocenters. The van der Waals surface area contributed by atoms with E-state index in [0.29, 0.717) is 23.5 Å². The maximum Gasteiger partial charge on any atom is 0.251 e. The Hall–Kier alpha value is -2.71. The van der Waals surface area contributed by atoms with E-state index in [1.165, 1.54) is 9.87 Å². The Labute approximate surface area is 195 Å². The number of hydrogen-bond acceptors (Lipinski definition) is 4. The summed E-state index contributed by atoms with van der Waals surface area (Å²) in [5.74, 6) is -0.505. The third-order valence-electron chi connectivity index (χ3n) is 6.51. The van der Waals surface area contributed by atoms with Crippen molar-refractivity contribution in [1.29, 1.82) is 0 Å². The summed E-state index contributed by atoms with van der Waals surface area (Å²) in [6, 6.07) is 12.0. The highest BCUT2D eigenvalue weighted by Gasteiger charge is 2.32. The first-order valence-electron chi connectivity index (χ1n) is 11.5. The molecule has 0 radical (unpaired) electrons. The van der Waals surface area contributed by atoms with Gasteiger partial charge in [0.2, 0.25) is 15.9 Å². The fraction of sp³-hybridized carbons (Fsp3) is 0.440. The van der Waals surface area contributed by atoms with Crippen molar-refractivity contribution in [2.24, 2.45) is 0 Å². The number of piperazine rings is 1. The van der Waals surface area contributed by atoms with Crippen LogP contribution in [-0.2, 0) is 27.7 Å². The summed E-state index contributed by atoms with van der Waals surface area (Å²) in [6.45, 7) is 4.64. The van der Waals surface area contributed by atoms with Crippen molar-refractivity contribution in [3.8, 4) is 0 Å². The lowest BCUT2D eigenvalue weighted by molar-refractivity contribution is -0.134. The van der Waals surface area contributed by atoms with Gasteiger partial charge < -0.3 is 10.2 Å². The Morgan fingerprint density at radius 1 is 0.939 bits per heavy atom. The summed E-state index contributed by atoms with van der Waals surface area (Å²) >= 11 is 0. The predicted molar refractivity (Wildman–Crippen MR) is 127 cm³/mol. The van der Waals surface area contributed by atoms with E-state index < -0.39 is 16.1 Å². The average Bonchev–Trinajstić information content (AvgIpc) is 2.83. The molecular formula is C25H31N3O4S. The van der Waals surface area contributed by atoms with Gasteiger partial charge in [-0.15, -0.1) is 0 Å². The molecule has 0 bridgehead atoms. The van der Waals surface area contributed by atoms with Gasteiger partial charge in [0.1, 0.15) is 6.04 Å². The van der Waals surface area contributed by atoms with Crippen LogP contribution in [0.25, 0.3) is 0 Å². The molecule has 1 saturated heterocycles. The van der Waals surface area contributed by atoms with Crippen LogP contribution in [0, 0.1) is 6.92 Å². The highest BCUT2D eigenvalue weighted by Crippen LogP contribution is 2.26. The molecule has 0 saturated carbocycles. The highest BCUT2D eigenvalue weighted by molar-refractivity contribution is 7.89. The molecule has 2 aromatic carbocycles. The zero-order valence-corrected chi connectivity index (χ0v) is 20.0. The fourth-order valence-electron chi connectivity index (χ4n) is 4.57. The summed E-state index contributed by atoms with van der Waals surface area (Å²) in [5.41, 5.74) is 3.86. The standard InChI is InChI=1S/C25H31N3O4S/c1-18-6-5-9-22(16-18)24(29)26-19(2)25(30)27-12-14-28(15-13-27)33(31,32)23-11-10-20-7-3-4-8-21(20)17-23/h5-6,9-11,16-17,19H,3-4,7-8,12-15H2,1-2H3,(H,26,29)/t19-/m0/s1. The smallest absolute Gasteiger partial charge is 0.251 e. The van der Waals surface area contributed by atoms with Gasteiger partial charge in [0.25, 0.3) is 5.91 Å². The van der Waals surface area contributed by atoms with Gasteiger partial charge in [-0.1, -0.05) is 23.8 Å². The second-order valence-corrected chi connectivity index (χ2v) is 10.9. The van der Waals surface area contributed by atoms with E-state index in [1.807, 2.05) is 25.1 Å². The summed E-state index contributed by atoms with van der Waals surface area (Å²) in [4.78, 5) is 27.3. The van der Waals surface area contributed by atoms with Gasteiger partial charge in [0, 0.05) is 31.7 Å². The number of carbonyl (C=O) groups excluding carboxylic acids is 2. The SMILES string of the molecule is Cc1cccc(C(=O)N[C@@H](C)C(=O)N2CCN(S(=O)(=O)c3ccc4c(c3)CCCC4)CC2)c1. The molecule has 33 heavy (non-hydrogen) atoms. The zero-order chi connectivity index (χ0) is 23.6. The first kappa shape index (κ1) is 23.4. The van der Waals surface area contributed by atoms with E-state index in [1.54, 1.807) is 36.1 Å². The van der Waals surface area contributed by atoms with E-state index in [2.05, 4.69) is 5.32 Å². The molecule has 1 fully saturated rings. The van der Waals surface area contributed by atoms with Crippen LogP contribution in [-0.4, -0.2) is 61.7 Å². The second kappa shape index (κ2) is 9.65. The quantitative estimate of drug-likeness (QED) is 0.729. The number of sulfonamides is 1. The molecule has 1 atom stereocenters. The zero-order valence-electron chi connectivity index (χ0n) is 19.2. The number of amides is 2. The van der Waals surface area contributed by atoms with Crippen LogP contribution < -0.4 is 5.32 Å². The lowest BCUT2D eigenvalue weighted by Gasteiger charge is -2.35. The molecular weight excluding hydrogens is 438 g/mol. The number of carbonyl (C=O) groups is 2. The molecule has 1 N–H and O–H groups in total. The summed E-state index contributed by atoms with van der Waals surface area (Å²) in [7, 11) is -3.60. The van der Waals surface area contributed by atoms with Crippen molar-refractivity contribution in [3.05, 3.63) is 64.7 Å². The maximum absolute atomic E-state index is 13.2. The molecule has 1 aliphatic heterocycles. The van der Waals surface area contributed by atoms with E-state index in [4.69, 9.17) is 0 Å². The second-order valence-electron chi connectivity index (χ2n) is 8.93. The van der Waals surface area contributed by atoms with Crippen molar-refractivity contribution < 1.29 is 18.0 Å². The minimum Gasteiger partial charge on any atom is -0.341 e. The molecule has 0 spiro atoms. The monoisotopic (exact) mass is 469 g/mol. The van der Waals surface area contributed by atoms with E-state index in [-0.39, 0.29) is 24.9 Å². The molecule has 4 rings (SSSR count). The number of benzene rings is 2. The van der Waals surface area contributed by atoms with Crippen molar-refractivity contribution >= 4 is 21.8 Å². The molecule has 1 aliphatic carbocycles. The van der Waals surface area contributed by atoms with Crippen LogP contribution in [0.4, 0.5) is 0 Å². The Bertz CT molecular complexity index is 1150. The van der Waals surface area contributed by atoms with Crippen LogP contribution in [0.3, 0.4) is 0 Å². The van der Waals surface area contributed by atoms with Crippen molar-refractivity contribution in [1.82, 2.24) is 14.5 Å². The maximum atomic E-state index is 13.2. The third-order valence-corrected chi connectivity index (χ3v) is 8.40. The van der Waals surface area contributed by atoms with Gasteiger partial charge in [-0.2, -0.15) is 4.31 Å². The molecule has 8 heteroatoms. The lowest BCUT2D eigenvalue weighted by Crippen LogP contribution is -2.55. The molecule has 2 aromatic rings.